The monoisotopic (exact) mass is 457 g/mol. The summed E-state index contributed by atoms with van der Waals surface area (Å²) in [7, 11) is 0. The molecule has 4 aromatic carbocycles. The Morgan fingerprint density at radius 2 is 1.52 bits per heavy atom. The van der Waals surface area contributed by atoms with Gasteiger partial charge in [-0.15, -0.1) is 0 Å². The lowest BCUT2D eigenvalue weighted by Crippen LogP contribution is -2.29. The van der Waals surface area contributed by atoms with Gasteiger partial charge in [0.15, 0.2) is 0 Å². The van der Waals surface area contributed by atoms with E-state index < -0.39 is 23.5 Å². The molecule has 5 rings (SSSR count). The molecule has 0 spiro atoms. The van der Waals surface area contributed by atoms with Crippen molar-refractivity contribution in [2.24, 2.45) is 0 Å². The Labute approximate surface area is 194 Å². The predicted octanol–water partition coefficient (Wildman–Crippen LogP) is 6.26. The van der Waals surface area contributed by atoms with Crippen LogP contribution in [-0.4, -0.2) is 16.8 Å². The number of halogens is 2. The van der Waals surface area contributed by atoms with Gasteiger partial charge in [-0.05, 0) is 64.9 Å². The number of rotatable bonds is 3. The van der Waals surface area contributed by atoms with Crippen LogP contribution >= 0.6 is 11.6 Å². The molecule has 4 aromatic rings. The van der Waals surface area contributed by atoms with Crippen LogP contribution in [0.2, 0.25) is 5.02 Å². The molecule has 6 heteroatoms. The topological polar surface area (TPSA) is 57.6 Å². The number of anilines is 1. The number of aliphatic hydroxyl groups excluding tert-OH is 1. The summed E-state index contributed by atoms with van der Waals surface area (Å²) >= 11 is 6.04. The van der Waals surface area contributed by atoms with Crippen molar-refractivity contribution in [3.63, 3.8) is 0 Å². The van der Waals surface area contributed by atoms with Crippen molar-refractivity contribution in [1.29, 1.82) is 0 Å². The van der Waals surface area contributed by atoms with E-state index >= 15 is 0 Å². The number of carbonyl (C=O) groups is 2. The van der Waals surface area contributed by atoms with E-state index in [0.717, 1.165) is 10.8 Å². The molecule has 4 nitrogen and oxygen atoms in total. The van der Waals surface area contributed by atoms with Gasteiger partial charge in [0.2, 0.25) is 0 Å². The van der Waals surface area contributed by atoms with Gasteiger partial charge in [0.25, 0.3) is 11.7 Å². The maximum atomic E-state index is 13.5. The zero-order valence-electron chi connectivity index (χ0n) is 17.2. The van der Waals surface area contributed by atoms with Gasteiger partial charge in [0.05, 0.1) is 11.6 Å². The van der Waals surface area contributed by atoms with Crippen LogP contribution in [0.4, 0.5) is 10.1 Å². The molecule has 0 aliphatic carbocycles. The number of fused-ring (bicyclic) bond motifs is 1. The standard InChI is InChI=1S/C27H17ClFNO3/c28-18-10-14-20(15-11-18)30-24(22-7-3-5-16-4-1-2-6-21(16)22)23(26(32)27(30)33)25(31)17-8-12-19(29)13-9-17/h1-15,24,31H/b25-23-. The summed E-state index contributed by atoms with van der Waals surface area (Å²) in [6, 6.07) is 24.1. The van der Waals surface area contributed by atoms with Gasteiger partial charge in [-0.1, -0.05) is 54.1 Å². The van der Waals surface area contributed by atoms with Gasteiger partial charge >= 0.3 is 0 Å². The number of amides is 1. The molecule has 0 aromatic heterocycles. The van der Waals surface area contributed by atoms with E-state index in [2.05, 4.69) is 0 Å². The number of hydrogen-bond acceptors (Lipinski definition) is 3. The summed E-state index contributed by atoms with van der Waals surface area (Å²) in [6.45, 7) is 0. The summed E-state index contributed by atoms with van der Waals surface area (Å²) in [5.41, 5.74) is 1.34. The second-order valence-electron chi connectivity index (χ2n) is 7.72. The average Bonchev–Trinajstić information content (AvgIpc) is 3.09. The molecule has 1 N–H and O–H groups in total. The summed E-state index contributed by atoms with van der Waals surface area (Å²) in [4.78, 5) is 27.9. The van der Waals surface area contributed by atoms with Gasteiger partial charge < -0.3 is 5.11 Å². The first-order valence-corrected chi connectivity index (χ1v) is 10.6. The SMILES string of the molecule is O=C1C(=O)N(c2ccc(Cl)cc2)C(c2cccc3ccccc23)/C1=C(/O)c1ccc(F)cc1. The molecule has 1 heterocycles. The highest BCUT2D eigenvalue weighted by Crippen LogP contribution is 2.44. The molecule has 33 heavy (non-hydrogen) atoms. The number of hydrogen-bond donors (Lipinski definition) is 1. The van der Waals surface area contributed by atoms with Crippen molar-refractivity contribution in [3.8, 4) is 0 Å². The summed E-state index contributed by atoms with van der Waals surface area (Å²) < 4.78 is 13.5. The fourth-order valence-corrected chi connectivity index (χ4v) is 4.37. The first-order valence-electron chi connectivity index (χ1n) is 10.3. The molecule has 0 bridgehead atoms. The van der Waals surface area contributed by atoms with Crippen LogP contribution in [0.5, 0.6) is 0 Å². The zero-order valence-corrected chi connectivity index (χ0v) is 18.0. The van der Waals surface area contributed by atoms with Crippen LogP contribution in [0, 0.1) is 5.82 Å². The molecule has 1 unspecified atom stereocenters. The van der Waals surface area contributed by atoms with E-state index in [0.29, 0.717) is 16.3 Å². The lowest BCUT2D eigenvalue weighted by molar-refractivity contribution is -0.132. The van der Waals surface area contributed by atoms with Crippen LogP contribution in [0.1, 0.15) is 17.2 Å². The Kier molecular flexibility index (Phi) is 5.19. The number of carbonyl (C=O) groups excluding carboxylic acids is 2. The first kappa shape index (κ1) is 20.9. The maximum absolute atomic E-state index is 13.5. The zero-order chi connectivity index (χ0) is 23.1. The van der Waals surface area contributed by atoms with E-state index in [4.69, 9.17) is 11.6 Å². The molecule has 1 aliphatic heterocycles. The highest BCUT2D eigenvalue weighted by molar-refractivity contribution is 6.52. The summed E-state index contributed by atoms with van der Waals surface area (Å²) in [6.07, 6.45) is 0. The Morgan fingerprint density at radius 3 is 2.24 bits per heavy atom. The molecule has 1 fully saturated rings. The lowest BCUT2D eigenvalue weighted by Gasteiger charge is -2.26. The van der Waals surface area contributed by atoms with Gasteiger partial charge in [-0.2, -0.15) is 0 Å². The second-order valence-corrected chi connectivity index (χ2v) is 8.16. The fourth-order valence-electron chi connectivity index (χ4n) is 4.25. The van der Waals surface area contributed by atoms with Gasteiger partial charge in [-0.25, -0.2) is 4.39 Å². The van der Waals surface area contributed by atoms with Crippen molar-refractivity contribution >= 4 is 45.5 Å². The molecule has 1 atom stereocenters. The largest absolute Gasteiger partial charge is 0.507 e. The minimum Gasteiger partial charge on any atom is -0.507 e. The van der Waals surface area contributed by atoms with Crippen LogP contribution in [0.15, 0.2) is 96.6 Å². The third-order valence-electron chi connectivity index (χ3n) is 5.78. The molecular formula is C27H17ClFNO3. The van der Waals surface area contributed by atoms with E-state index in [-0.39, 0.29) is 16.9 Å². The van der Waals surface area contributed by atoms with Gasteiger partial charge in [0, 0.05) is 16.3 Å². The lowest BCUT2D eigenvalue weighted by atomic mass is 9.91. The smallest absolute Gasteiger partial charge is 0.300 e. The van der Waals surface area contributed by atoms with Gasteiger partial charge in [0.1, 0.15) is 11.6 Å². The quantitative estimate of drug-likeness (QED) is 0.224. The van der Waals surface area contributed by atoms with Crippen molar-refractivity contribution in [2.75, 3.05) is 4.90 Å². The van der Waals surface area contributed by atoms with Crippen molar-refractivity contribution < 1.29 is 19.1 Å². The minimum absolute atomic E-state index is 0.0575. The number of Topliss-reactive ketones (excluding diaryl/α,β-unsaturated/α-hetero) is 1. The Bertz CT molecular complexity index is 1420. The number of aliphatic hydroxyl groups is 1. The first-order chi connectivity index (χ1) is 16.0. The molecule has 0 saturated carbocycles. The van der Waals surface area contributed by atoms with Crippen molar-refractivity contribution in [3.05, 3.63) is 119 Å². The maximum Gasteiger partial charge on any atom is 0.300 e. The van der Waals surface area contributed by atoms with E-state index in [1.54, 1.807) is 24.3 Å². The molecule has 1 saturated heterocycles. The Hall–Kier alpha value is -3.96. The highest BCUT2D eigenvalue weighted by atomic mass is 35.5. The second kappa shape index (κ2) is 8.19. The van der Waals surface area contributed by atoms with Gasteiger partial charge in [-0.3, -0.25) is 14.5 Å². The molecule has 162 valence electrons. The van der Waals surface area contributed by atoms with Crippen molar-refractivity contribution in [1.82, 2.24) is 0 Å². The molecule has 1 amide bonds. The average molecular weight is 458 g/mol. The number of nitrogens with zero attached hydrogens (tertiary/aromatic N) is 1. The number of ketones is 1. The van der Waals surface area contributed by atoms with Crippen LogP contribution in [0.3, 0.4) is 0 Å². The number of benzene rings is 4. The molecule has 1 aliphatic rings. The minimum atomic E-state index is -0.887. The normalized spacial score (nSPS) is 17.6. The Balaban J connectivity index is 1.80. The van der Waals surface area contributed by atoms with Crippen molar-refractivity contribution in [2.45, 2.75) is 6.04 Å². The fraction of sp³-hybridized carbons (Fsp3) is 0.0370. The highest BCUT2D eigenvalue weighted by Gasteiger charge is 2.47. The van der Waals surface area contributed by atoms with E-state index in [9.17, 15) is 19.1 Å². The Morgan fingerprint density at radius 1 is 0.848 bits per heavy atom. The van der Waals surface area contributed by atoms with E-state index in [1.165, 1.54) is 29.2 Å². The van der Waals surface area contributed by atoms with Crippen LogP contribution in [-0.2, 0) is 9.59 Å². The molecular weight excluding hydrogens is 441 g/mol. The third kappa shape index (κ3) is 3.56. The predicted molar refractivity (Wildman–Crippen MR) is 127 cm³/mol. The summed E-state index contributed by atoms with van der Waals surface area (Å²) in [5.74, 6) is -2.41. The molecule has 0 radical (unpaired) electrons. The van der Waals surface area contributed by atoms with E-state index in [1.807, 2.05) is 42.5 Å². The van der Waals surface area contributed by atoms with Crippen LogP contribution < -0.4 is 4.90 Å². The third-order valence-corrected chi connectivity index (χ3v) is 6.04. The van der Waals surface area contributed by atoms with Crippen LogP contribution in [0.25, 0.3) is 16.5 Å². The summed E-state index contributed by atoms with van der Waals surface area (Å²) in [5, 5.41) is 13.4.